The Balaban J connectivity index is 1.31. The number of hydrogen-bond donors (Lipinski definition) is 1. The Morgan fingerprint density at radius 3 is 2.75 bits per heavy atom. The van der Waals surface area contributed by atoms with Gasteiger partial charge in [-0.1, -0.05) is 30.3 Å². The smallest absolute Gasteiger partial charge is 0.317 e. The van der Waals surface area contributed by atoms with Gasteiger partial charge >= 0.3 is 6.03 Å². The minimum Gasteiger partial charge on any atom is -0.331 e. The Labute approximate surface area is 146 Å². The molecule has 0 atom stereocenters. The van der Waals surface area contributed by atoms with Crippen molar-refractivity contribution in [3.63, 3.8) is 0 Å². The fraction of sp³-hybridized carbons (Fsp3) is 0.474. The first kappa shape index (κ1) is 15.6. The van der Waals surface area contributed by atoms with E-state index in [4.69, 9.17) is 0 Å². The van der Waals surface area contributed by atoms with Crippen molar-refractivity contribution >= 4 is 17.4 Å². The molecule has 2 aromatic rings. The molecule has 1 N–H and O–H groups in total. The lowest BCUT2D eigenvalue weighted by Crippen LogP contribution is -2.41. The maximum Gasteiger partial charge on any atom is 0.317 e. The first-order valence-corrected chi connectivity index (χ1v) is 9.53. The van der Waals surface area contributed by atoms with Crippen molar-refractivity contribution in [3.8, 4) is 0 Å². The average Bonchev–Trinajstić information content (AvgIpc) is 3.54. The Kier molecular flexibility index (Phi) is 4.04. The third-order valence-electron chi connectivity index (χ3n) is 5.08. The molecule has 2 saturated carbocycles. The average molecular weight is 341 g/mol. The molecule has 2 aliphatic carbocycles. The zero-order chi connectivity index (χ0) is 16.6. The molecule has 4 rings (SSSR count). The maximum absolute atomic E-state index is 12.4. The van der Waals surface area contributed by atoms with Gasteiger partial charge in [0.2, 0.25) is 0 Å². The topological polar surface area (TPSA) is 45.2 Å². The van der Waals surface area contributed by atoms with Crippen LogP contribution in [0.5, 0.6) is 0 Å². The van der Waals surface area contributed by atoms with E-state index in [0.29, 0.717) is 12.5 Å². The molecule has 4 nitrogen and oxygen atoms in total. The molecule has 1 aromatic heterocycles. The van der Waals surface area contributed by atoms with E-state index < -0.39 is 0 Å². The minimum atomic E-state index is -0.0135. The van der Waals surface area contributed by atoms with E-state index >= 15 is 0 Å². The summed E-state index contributed by atoms with van der Waals surface area (Å²) >= 11 is 1.65. The molecular weight excluding hydrogens is 318 g/mol. The van der Waals surface area contributed by atoms with Crippen molar-refractivity contribution < 1.29 is 4.79 Å². The van der Waals surface area contributed by atoms with E-state index in [2.05, 4.69) is 39.9 Å². The number of likely N-dealkylation sites (N-methyl/N-ethyl adjacent to an activating group) is 1. The van der Waals surface area contributed by atoms with E-state index in [9.17, 15) is 4.79 Å². The van der Waals surface area contributed by atoms with Crippen molar-refractivity contribution in [1.82, 2.24) is 15.2 Å². The van der Waals surface area contributed by atoms with Crippen LogP contribution in [-0.2, 0) is 12.0 Å². The van der Waals surface area contributed by atoms with Gasteiger partial charge in [-0.2, -0.15) is 0 Å². The molecule has 0 radical (unpaired) electrons. The number of nitrogens with zero attached hydrogens (tertiary/aromatic N) is 2. The van der Waals surface area contributed by atoms with Gasteiger partial charge in [-0.15, -0.1) is 11.3 Å². The number of thiazole rings is 1. The SMILES string of the molecule is CN(CC1(c2ccccc2)CC1)C(=O)NCc1nc(C2CC2)cs1. The Bertz CT molecular complexity index is 719. The van der Waals surface area contributed by atoms with E-state index in [-0.39, 0.29) is 11.4 Å². The molecule has 2 fully saturated rings. The fourth-order valence-electron chi connectivity index (χ4n) is 3.27. The summed E-state index contributed by atoms with van der Waals surface area (Å²) in [5, 5.41) is 6.15. The van der Waals surface area contributed by atoms with Crippen LogP contribution in [0.25, 0.3) is 0 Å². The van der Waals surface area contributed by atoms with E-state index in [0.717, 1.165) is 24.4 Å². The van der Waals surface area contributed by atoms with Gasteiger partial charge in [-0.05, 0) is 31.2 Å². The third kappa shape index (κ3) is 3.31. The van der Waals surface area contributed by atoms with Crippen LogP contribution in [0, 0.1) is 0 Å². The number of nitrogens with one attached hydrogen (secondary N) is 1. The molecule has 0 spiro atoms. The molecule has 2 amide bonds. The summed E-state index contributed by atoms with van der Waals surface area (Å²) in [6.45, 7) is 1.30. The number of aromatic nitrogens is 1. The largest absolute Gasteiger partial charge is 0.331 e. The molecule has 2 aliphatic rings. The van der Waals surface area contributed by atoms with Gasteiger partial charge in [0.15, 0.2) is 0 Å². The zero-order valence-corrected chi connectivity index (χ0v) is 14.8. The number of rotatable bonds is 6. The molecule has 0 unspecified atom stereocenters. The summed E-state index contributed by atoms with van der Waals surface area (Å²) in [5.74, 6) is 0.675. The Hall–Kier alpha value is -1.88. The van der Waals surface area contributed by atoms with Crippen LogP contribution in [0.1, 0.15) is 47.9 Å². The highest BCUT2D eigenvalue weighted by atomic mass is 32.1. The monoisotopic (exact) mass is 341 g/mol. The molecule has 126 valence electrons. The highest BCUT2D eigenvalue weighted by molar-refractivity contribution is 7.09. The van der Waals surface area contributed by atoms with E-state index in [1.165, 1.54) is 24.1 Å². The van der Waals surface area contributed by atoms with Crippen LogP contribution in [0.2, 0.25) is 0 Å². The number of carbonyl (C=O) groups excluding carboxylic acids is 1. The summed E-state index contributed by atoms with van der Waals surface area (Å²) in [4.78, 5) is 18.8. The van der Waals surface area contributed by atoms with Crippen LogP contribution in [0.15, 0.2) is 35.7 Å². The second kappa shape index (κ2) is 6.20. The number of hydrogen-bond acceptors (Lipinski definition) is 3. The summed E-state index contributed by atoms with van der Waals surface area (Å²) < 4.78 is 0. The normalized spacial score (nSPS) is 18.2. The zero-order valence-electron chi connectivity index (χ0n) is 14.0. The highest BCUT2D eigenvalue weighted by Crippen LogP contribution is 2.48. The number of urea groups is 1. The van der Waals surface area contributed by atoms with Crippen LogP contribution in [0.3, 0.4) is 0 Å². The van der Waals surface area contributed by atoms with Crippen molar-refractivity contribution in [1.29, 1.82) is 0 Å². The van der Waals surface area contributed by atoms with Crippen LogP contribution < -0.4 is 5.32 Å². The second-order valence-corrected chi connectivity index (χ2v) is 8.04. The maximum atomic E-state index is 12.4. The molecule has 0 bridgehead atoms. The van der Waals surface area contributed by atoms with E-state index in [1.54, 1.807) is 11.3 Å². The summed E-state index contributed by atoms with van der Waals surface area (Å²) in [5.41, 5.74) is 2.71. The molecule has 0 saturated heterocycles. The predicted octanol–water partition coefficient (Wildman–Crippen LogP) is 3.89. The summed E-state index contributed by atoms with van der Waals surface area (Å²) in [7, 11) is 1.88. The fourth-order valence-corrected chi connectivity index (χ4v) is 4.08. The highest BCUT2D eigenvalue weighted by Gasteiger charge is 2.45. The molecule has 24 heavy (non-hydrogen) atoms. The number of amides is 2. The quantitative estimate of drug-likeness (QED) is 0.866. The lowest BCUT2D eigenvalue weighted by atomic mass is 9.95. The van der Waals surface area contributed by atoms with Crippen LogP contribution in [-0.4, -0.2) is 29.5 Å². The van der Waals surface area contributed by atoms with Gasteiger partial charge < -0.3 is 10.2 Å². The molecular formula is C19H23N3OS. The molecule has 5 heteroatoms. The Morgan fingerprint density at radius 2 is 2.08 bits per heavy atom. The number of carbonyl (C=O) groups is 1. The third-order valence-corrected chi connectivity index (χ3v) is 5.95. The van der Waals surface area contributed by atoms with Gasteiger partial charge in [-0.3, -0.25) is 0 Å². The van der Waals surface area contributed by atoms with Gasteiger partial charge in [0.1, 0.15) is 5.01 Å². The molecule has 1 heterocycles. The number of benzene rings is 1. The van der Waals surface area contributed by atoms with Gasteiger partial charge in [0, 0.05) is 30.3 Å². The van der Waals surface area contributed by atoms with Crippen molar-refractivity contribution in [2.75, 3.05) is 13.6 Å². The minimum absolute atomic E-state index is 0.0135. The van der Waals surface area contributed by atoms with E-state index in [1.807, 2.05) is 18.0 Å². The lowest BCUT2D eigenvalue weighted by molar-refractivity contribution is 0.204. The van der Waals surface area contributed by atoms with Crippen molar-refractivity contribution in [2.45, 2.75) is 43.6 Å². The lowest BCUT2D eigenvalue weighted by Gasteiger charge is -2.24. The van der Waals surface area contributed by atoms with Crippen molar-refractivity contribution in [2.24, 2.45) is 0 Å². The van der Waals surface area contributed by atoms with Crippen LogP contribution >= 0.6 is 11.3 Å². The second-order valence-electron chi connectivity index (χ2n) is 7.10. The standard InChI is InChI=1S/C19H23N3OS/c1-22(13-19(9-10-19)15-5-3-2-4-6-15)18(23)20-11-17-21-16(12-24-17)14-7-8-14/h2-6,12,14H,7-11,13H2,1H3,(H,20,23). The van der Waals surface area contributed by atoms with Crippen molar-refractivity contribution in [3.05, 3.63) is 52.0 Å². The molecule has 0 aliphatic heterocycles. The summed E-state index contributed by atoms with van der Waals surface area (Å²) in [6, 6.07) is 10.5. The van der Waals surface area contributed by atoms with Crippen LogP contribution in [0.4, 0.5) is 4.79 Å². The molecule has 1 aromatic carbocycles. The summed E-state index contributed by atoms with van der Waals surface area (Å²) in [6.07, 6.45) is 4.84. The predicted molar refractivity (Wildman–Crippen MR) is 96.3 cm³/mol. The van der Waals surface area contributed by atoms with Gasteiger partial charge in [0.05, 0.1) is 12.2 Å². The first-order valence-electron chi connectivity index (χ1n) is 8.65. The van der Waals surface area contributed by atoms with Gasteiger partial charge in [-0.25, -0.2) is 9.78 Å². The first-order chi connectivity index (χ1) is 11.7. The van der Waals surface area contributed by atoms with Gasteiger partial charge in [0.25, 0.3) is 0 Å². The Morgan fingerprint density at radius 1 is 1.33 bits per heavy atom.